The number of aliphatic hydroxyl groups excluding tert-OH is 1. The van der Waals surface area contributed by atoms with E-state index < -0.39 is 29.3 Å². The zero-order valence-corrected chi connectivity index (χ0v) is 25.7. The van der Waals surface area contributed by atoms with Crippen molar-refractivity contribution in [3.8, 4) is 11.5 Å². The minimum Gasteiger partial charge on any atom is -0.497 e. The minimum atomic E-state index is -4.52. The van der Waals surface area contributed by atoms with Crippen LogP contribution in [0.1, 0.15) is 46.8 Å². The average Bonchev–Trinajstić information content (AvgIpc) is 3.48. The van der Waals surface area contributed by atoms with Gasteiger partial charge in [0.25, 0.3) is 5.91 Å². The zero-order valence-electron chi connectivity index (χ0n) is 25.7. The van der Waals surface area contributed by atoms with Gasteiger partial charge in [0, 0.05) is 31.6 Å². The molecule has 0 radical (unpaired) electrons. The average molecular weight is 645 g/mol. The Labute approximate surface area is 271 Å². The summed E-state index contributed by atoms with van der Waals surface area (Å²) in [5.74, 6) is 0.865. The summed E-state index contributed by atoms with van der Waals surface area (Å²) in [5.41, 5.74) is 0.116. The Balaban J connectivity index is 1.54. The van der Waals surface area contributed by atoms with Gasteiger partial charge in [-0.3, -0.25) is 4.79 Å². The number of hydrogen-bond acceptors (Lipinski definition) is 6. The zero-order chi connectivity index (χ0) is 33.3. The number of alkyl halides is 3. The van der Waals surface area contributed by atoms with Gasteiger partial charge < -0.3 is 24.6 Å². The first-order chi connectivity index (χ1) is 22.7. The molecule has 7 nitrogen and oxygen atoms in total. The quantitative estimate of drug-likeness (QED) is 0.151. The predicted molar refractivity (Wildman–Crippen MR) is 173 cm³/mol. The normalized spacial score (nSPS) is 17.6. The van der Waals surface area contributed by atoms with E-state index in [1.807, 2.05) is 48.6 Å². The van der Waals surface area contributed by atoms with Gasteiger partial charge in [0.15, 0.2) is 11.6 Å². The maximum absolute atomic E-state index is 14.4. The van der Waals surface area contributed by atoms with Crippen molar-refractivity contribution in [2.75, 3.05) is 20.3 Å². The van der Waals surface area contributed by atoms with Crippen LogP contribution in [0.15, 0.2) is 114 Å². The van der Waals surface area contributed by atoms with E-state index in [-0.39, 0.29) is 25.5 Å². The lowest BCUT2D eigenvalue weighted by atomic mass is 9.84. The molecule has 0 saturated heterocycles. The molecule has 1 aliphatic heterocycles. The highest BCUT2D eigenvalue weighted by atomic mass is 19.4. The lowest BCUT2D eigenvalue weighted by Gasteiger charge is -2.30. The summed E-state index contributed by atoms with van der Waals surface area (Å²) in [6.45, 7) is 0.224. The second-order valence-corrected chi connectivity index (χ2v) is 11.0. The third-order valence-electron chi connectivity index (χ3n) is 7.67. The summed E-state index contributed by atoms with van der Waals surface area (Å²) in [4.78, 5) is 19.3. The van der Waals surface area contributed by atoms with Crippen LogP contribution in [-0.4, -0.2) is 42.8 Å². The number of nitrogens with zero attached hydrogens (tertiary/aromatic N) is 1. The lowest BCUT2D eigenvalue weighted by molar-refractivity contribution is -0.137. The number of rotatable bonds is 13. The number of ether oxygens (including phenoxy) is 3. The molecule has 0 fully saturated rings. The van der Waals surface area contributed by atoms with Crippen molar-refractivity contribution in [3.05, 3.63) is 137 Å². The highest BCUT2D eigenvalue weighted by molar-refractivity contribution is 6.01. The van der Waals surface area contributed by atoms with E-state index in [1.54, 1.807) is 49.6 Å². The van der Waals surface area contributed by atoms with Crippen LogP contribution in [0, 0.1) is 0 Å². The lowest BCUT2D eigenvalue weighted by Crippen LogP contribution is -2.47. The van der Waals surface area contributed by atoms with Crippen LogP contribution in [0.25, 0.3) is 6.08 Å². The van der Waals surface area contributed by atoms with Crippen LogP contribution in [0.4, 0.5) is 13.2 Å². The molecule has 0 saturated carbocycles. The third-order valence-corrected chi connectivity index (χ3v) is 7.67. The Morgan fingerprint density at radius 3 is 2.47 bits per heavy atom. The fourth-order valence-corrected chi connectivity index (χ4v) is 5.25. The summed E-state index contributed by atoms with van der Waals surface area (Å²) in [6, 6.07) is 28.6. The molecule has 10 heteroatoms. The summed E-state index contributed by atoms with van der Waals surface area (Å²) in [7, 11) is 1.54. The standard InChI is InChI=1S/C37H35F3N2O5/c1-45-32-15-6-13-29(24-32)33-36(20-7-12-26-9-3-2-4-10-26,35(44)41-25-27-11-5-14-30(23-27)37(38,39)40)42-34(47-33)28-16-18-31(19-17-28)46-22-8-21-43/h2-7,9-19,23-24,33,43H,8,20-22,25H2,1H3,(H,41,44)/b12-7+/t33-,36-/m1/s1. The molecule has 0 spiro atoms. The number of aliphatic hydroxyl groups is 1. The Hall–Kier alpha value is -5.09. The van der Waals surface area contributed by atoms with Crippen molar-refractivity contribution >= 4 is 17.9 Å². The van der Waals surface area contributed by atoms with E-state index in [9.17, 15) is 18.0 Å². The Morgan fingerprint density at radius 1 is 0.979 bits per heavy atom. The fourth-order valence-electron chi connectivity index (χ4n) is 5.25. The number of amides is 1. The molecule has 4 aromatic rings. The first-order valence-electron chi connectivity index (χ1n) is 15.1. The number of carbonyl (C=O) groups excluding carboxylic acids is 1. The van der Waals surface area contributed by atoms with Crippen molar-refractivity contribution in [2.24, 2.45) is 4.99 Å². The van der Waals surface area contributed by atoms with Gasteiger partial charge in [0.05, 0.1) is 19.3 Å². The molecule has 5 rings (SSSR count). The first-order valence-corrected chi connectivity index (χ1v) is 15.1. The molecular weight excluding hydrogens is 609 g/mol. The van der Waals surface area contributed by atoms with Gasteiger partial charge in [-0.05, 0) is 65.2 Å². The van der Waals surface area contributed by atoms with Crippen LogP contribution in [0.2, 0.25) is 0 Å². The number of nitrogens with one attached hydrogen (secondary N) is 1. The number of hydrogen-bond donors (Lipinski definition) is 2. The summed E-state index contributed by atoms with van der Waals surface area (Å²) < 4.78 is 57.8. The van der Waals surface area contributed by atoms with E-state index in [0.29, 0.717) is 41.2 Å². The molecule has 1 aliphatic rings. The van der Waals surface area contributed by atoms with Gasteiger partial charge in [-0.2, -0.15) is 13.2 Å². The molecule has 47 heavy (non-hydrogen) atoms. The molecule has 2 atom stereocenters. The number of halogens is 3. The van der Waals surface area contributed by atoms with Crippen molar-refractivity contribution in [3.63, 3.8) is 0 Å². The van der Waals surface area contributed by atoms with Crippen LogP contribution in [0.3, 0.4) is 0 Å². The second-order valence-electron chi connectivity index (χ2n) is 11.0. The molecular formula is C37H35F3N2O5. The second kappa shape index (κ2) is 15.0. The SMILES string of the molecule is COc1cccc([C@H]2OC(c3ccc(OCCCO)cc3)=N[C@@]2(C/C=C/c2ccccc2)C(=O)NCc2cccc(C(F)(F)F)c2)c1. The van der Waals surface area contributed by atoms with E-state index >= 15 is 0 Å². The van der Waals surface area contributed by atoms with Crippen molar-refractivity contribution in [2.45, 2.75) is 37.2 Å². The molecule has 0 unspecified atom stereocenters. The summed E-state index contributed by atoms with van der Waals surface area (Å²) in [5, 5.41) is 11.9. The minimum absolute atomic E-state index is 0.0189. The predicted octanol–water partition coefficient (Wildman–Crippen LogP) is 7.15. The molecule has 4 aromatic carbocycles. The number of carbonyl (C=O) groups is 1. The highest BCUT2D eigenvalue weighted by Crippen LogP contribution is 2.44. The van der Waals surface area contributed by atoms with Gasteiger partial charge in [-0.25, -0.2) is 4.99 Å². The number of methoxy groups -OCH3 is 1. The van der Waals surface area contributed by atoms with Gasteiger partial charge in [-0.1, -0.05) is 66.7 Å². The maximum Gasteiger partial charge on any atom is 0.416 e. The molecule has 0 aliphatic carbocycles. The molecule has 244 valence electrons. The van der Waals surface area contributed by atoms with Crippen LogP contribution < -0.4 is 14.8 Å². The Morgan fingerprint density at radius 2 is 1.74 bits per heavy atom. The monoisotopic (exact) mass is 644 g/mol. The highest BCUT2D eigenvalue weighted by Gasteiger charge is 2.52. The number of benzene rings is 4. The first kappa shape index (κ1) is 33.3. The van der Waals surface area contributed by atoms with Gasteiger partial charge in [0.2, 0.25) is 5.90 Å². The largest absolute Gasteiger partial charge is 0.497 e. The Bertz CT molecular complexity index is 1710. The third kappa shape index (κ3) is 8.20. The molecule has 2 N–H and O–H groups in total. The topological polar surface area (TPSA) is 89.4 Å². The fraction of sp³-hybridized carbons (Fsp3) is 0.243. The van der Waals surface area contributed by atoms with Gasteiger partial charge >= 0.3 is 6.18 Å². The summed E-state index contributed by atoms with van der Waals surface area (Å²) in [6.07, 6.45) is -1.08. The van der Waals surface area contributed by atoms with E-state index in [0.717, 1.165) is 17.7 Å². The van der Waals surface area contributed by atoms with E-state index in [2.05, 4.69) is 5.32 Å². The van der Waals surface area contributed by atoms with Crippen LogP contribution in [0.5, 0.6) is 11.5 Å². The summed E-state index contributed by atoms with van der Waals surface area (Å²) >= 11 is 0. The smallest absolute Gasteiger partial charge is 0.416 e. The van der Waals surface area contributed by atoms with Crippen LogP contribution in [-0.2, 0) is 22.3 Å². The maximum atomic E-state index is 14.4. The van der Waals surface area contributed by atoms with Crippen molar-refractivity contribution in [1.29, 1.82) is 0 Å². The van der Waals surface area contributed by atoms with Crippen LogP contribution >= 0.6 is 0 Å². The number of aliphatic imine (C=N–C) groups is 1. The molecule has 0 aromatic heterocycles. The van der Waals surface area contributed by atoms with E-state index in [1.165, 1.54) is 12.1 Å². The van der Waals surface area contributed by atoms with Gasteiger partial charge in [0.1, 0.15) is 11.5 Å². The van der Waals surface area contributed by atoms with Crippen molar-refractivity contribution in [1.82, 2.24) is 5.32 Å². The van der Waals surface area contributed by atoms with Crippen molar-refractivity contribution < 1.29 is 37.3 Å². The Kier molecular flexibility index (Phi) is 10.6. The molecule has 1 heterocycles. The van der Waals surface area contributed by atoms with Gasteiger partial charge in [-0.15, -0.1) is 0 Å². The van der Waals surface area contributed by atoms with E-state index in [4.69, 9.17) is 24.3 Å². The molecule has 0 bridgehead atoms. The molecule has 1 amide bonds.